The first-order valence-corrected chi connectivity index (χ1v) is 8.18. The molecule has 1 aliphatic rings. The molecule has 0 unspecified atom stereocenters. The van der Waals surface area contributed by atoms with Gasteiger partial charge in [-0.2, -0.15) is 4.31 Å². The molecule has 6 nitrogen and oxygen atoms in total. The summed E-state index contributed by atoms with van der Waals surface area (Å²) < 4.78 is 31.9. The molecule has 112 valence electrons. The summed E-state index contributed by atoms with van der Waals surface area (Å²) in [6, 6.07) is 7.53. The molecule has 3 rings (SSSR count). The van der Waals surface area contributed by atoms with Crippen molar-refractivity contribution in [1.82, 2.24) is 14.3 Å². The van der Waals surface area contributed by atoms with Crippen LogP contribution >= 0.6 is 0 Å². The van der Waals surface area contributed by atoms with Crippen LogP contribution in [0.25, 0.3) is 0 Å². The van der Waals surface area contributed by atoms with Crippen molar-refractivity contribution in [2.75, 3.05) is 7.11 Å². The van der Waals surface area contributed by atoms with Gasteiger partial charge in [-0.15, -0.1) is 0 Å². The molecule has 0 bridgehead atoms. The molecule has 1 aromatic carbocycles. The standard InChI is InChI=1S/C14H17N3O3S/c1-20-13-6-2-11(3-7-13)9-17(12-4-5-12)21(18,19)14-8-15-10-16-14/h2-3,6-8,10,12H,4-5,9H2,1H3,(H,15,16). The van der Waals surface area contributed by atoms with E-state index in [4.69, 9.17) is 4.74 Å². The average Bonchev–Trinajstić information content (AvgIpc) is 3.16. The van der Waals surface area contributed by atoms with Crippen molar-refractivity contribution in [2.24, 2.45) is 0 Å². The van der Waals surface area contributed by atoms with Gasteiger partial charge in [0, 0.05) is 12.6 Å². The molecule has 2 aromatic rings. The van der Waals surface area contributed by atoms with Crippen molar-refractivity contribution in [2.45, 2.75) is 30.5 Å². The van der Waals surface area contributed by atoms with Crippen LogP contribution in [-0.4, -0.2) is 35.8 Å². The van der Waals surface area contributed by atoms with Crippen LogP contribution in [0.4, 0.5) is 0 Å². The number of methoxy groups -OCH3 is 1. The zero-order chi connectivity index (χ0) is 14.9. The molecule has 0 amide bonds. The van der Waals surface area contributed by atoms with Gasteiger partial charge < -0.3 is 9.72 Å². The van der Waals surface area contributed by atoms with Crippen LogP contribution in [0.15, 0.2) is 41.8 Å². The minimum Gasteiger partial charge on any atom is -0.497 e. The third-order valence-electron chi connectivity index (χ3n) is 3.51. The third kappa shape index (κ3) is 2.93. The Bertz CT molecular complexity index is 692. The number of rotatable bonds is 6. The van der Waals surface area contributed by atoms with Crippen LogP contribution in [0.2, 0.25) is 0 Å². The van der Waals surface area contributed by atoms with E-state index < -0.39 is 10.0 Å². The topological polar surface area (TPSA) is 75.3 Å². The summed E-state index contributed by atoms with van der Waals surface area (Å²) in [5.41, 5.74) is 0.936. The Morgan fingerprint density at radius 3 is 2.57 bits per heavy atom. The minimum atomic E-state index is -3.52. The SMILES string of the molecule is COc1ccc(CN(C2CC2)S(=O)(=O)c2cnc[nH]2)cc1. The number of hydrogen-bond acceptors (Lipinski definition) is 4. The number of ether oxygens (including phenoxy) is 1. The minimum absolute atomic E-state index is 0.0837. The number of sulfonamides is 1. The third-order valence-corrected chi connectivity index (χ3v) is 5.34. The Kier molecular flexibility index (Phi) is 3.69. The highest BCUT2D eigenvalue weighted by Gasteiger charge is 2.38. The van der Waals surface area contributed by atoms with Crippen molar-refractivity contribution in [1.29, 1.82) is 0 Å². The Labute approximate surface area is 123 Å². The van der Waals surface area contributed by atoms with Gasteiger partial charge in [0.1, 0.15) is 5.75 Å². The summed E-state index contributed by atoms with van der Waals surface area (Å²) in [5.74, 6) is 0.758. The van der Waals surface area contributed by atoms with Crippen molar-refractivity contribution in [3.63, 3.8) is 0 Å². The number of aromatic amines is 1. The zero-order valence-electron chi connectivity index (χ0n) is 11.7. The maximum atomic E-state index is 12.6. The molecule has 21 heavy (non-hydrogen) atoms. The van der Waals surface area contributed by atoms with Gasteiger partial charge in [0.15, 0.2) is 5.03 Å². The molecule has 1 heterocycles. The summed E-state index contributed by atoms with van der Waals surface area (Å²) in [4.78, 5) is 6.49. The highest BCUT2D eigenvalue weighted by molar-refractivity contribution is 7.89. The van der Waals surface area contributed by atoms with E-state index >= 15 is 0 Å². The van der Waals surface area contributed by atoms with Gasteiger partial charge >= 0.3 is 0 Å². The summed E-state index contributed by atoms with van der Waals surface area (Å²) in [7, 11) is -1.92. The van der Waals surface area contributed by atoms with Gasteiger partial charge in [-0.3, -0.25) is 0 Å². The average molecular weight is 307 g/mol. The van der Waals surface area contributed by atoms with Crippen molar-refractivity contribution < 1.29 is 13.2 Å². The Hall–Kier alpha value is -1.86. The maximum absolute atomic E-state index is 12.6. The largest absolute Gasteiger partial charge is 0.497 e. The van der Waals surface area contributed by atoms with Gasteiger partial charge in [-0.05, 0) is 30.5 Å². The fraction of sp³-hybridized carbons (Fsp3) is 0.357. The van der Waals surface area contributed by atoms with E-state index in [-0.39, 0.29) is 11.1 Å². The Morgan fingerprint density at radius 1 is 1.33 bits per heavy atom. The lowest BCUT2D eigenvalue weighted by Gasteiger charge is -2.21. The number of imidazole rings is 1. The summed E-state index contributed by atoms with van der Waals surface area (Å²) in [6.45, 7) is 0.357. The van der Waals surface area contributed by atoms with Crippen molar-refractivity contribution in [3.05, 3.63) is 42.4 Å². The number of nitrogens with one attached hydrogen (secondary N) is 1. The smallest absolute Gasteiger partial charge is 0.260 e. The van der Waals surface area contributed by atoms with Gasteiger partial charge in [-0.1, -0.05) is 12.1 Å². The molecular formula is C14H17N3O3S. The van der Waals surface area contributed by atoms with Crippen LogP contribution in [0, 0.1) is 0 Å². The Balaban J connectivity index is 1.85. The molecule has 1 saturated carbocycles. The maximum Gasteiger partial charge on any atom is 0.260 e. The van der Waals surface area contributed by atoms with E-state index in [0.29, 0.717) is 6.54 Å². The summed E-state index contributed by atoms with van der Waals surface area (Å²) in [5, 5.41) is 0.142. The number of aromatic nitrogens is 2. The predicted molar refractivity (Wildman–Crippen MR) is 77.3 cm³/mol. The molecule has 0 spiro atoms. The molecule has 0 saturated heterocycles. The van der Waals surface area contributed by atoms with Gasteiger partial charge in [-0.25, -0.2) is 13.4 Å². The molecule has 1 aliphatic carbocycles. The zero-order valence-corrected chi connectivity index (χ0v) is 12.5. The number of nitrogens with zero attached hydrogens (tertiary/aromatic N) is 2. The lowest BCUT2D eigenvalue weighted by atomic mass is 10.2. The fourth-order valence-electron chi connectivity index (χ4n) is 2.19. The van der Waals surface area contributed by atoms with E-state index in [2.05, 4.69) is 9.97 Å². The first-order valence-electron chi connectivity index (χ1n) is 6.74. The second-order valence-corrected chi connectivity index (χ2v) is 6.90. The summed E-state index contributed by atoms with van der Waals surface area (Å²) in [6.07, 6.45) is 4.54. The van der Waals surface area contributed by atoms with Crippen molar-refractivity contribution >= 4 is 10.0 Å². The predicted octanol–water partition coefficient (Wildman–Crippen LogP) is 1.77. The Morgan fingerprint density at radius 2 is 2.05 bits per heavy atom. The number of hydrogen-bond donors (Lipinski definition) is 1. The van der Waals surface area contributed by atoms with E-state index in [0.717, 1.165) is 24.2 Å². The van der Waals surface area contributed by atoms with Crippen LogP contribution in [0.5, 0.6) is 5.75 Å². The van der Waals surface area contributed by atoms with E-state index in [1.165, 1.54) is 12.5 Å². The van der Waals surface area contributed by atoms with E-state index in [1.807, 2.05) is 24.3 Å². The van der Waals surface area contributed by atoms with Crippen molar-refractivity contribution in [3.8, 4) is 5.75 Å². The highest BCUT2D eigenvalue weighted by atomic mass is 32.2. The van der Waals surface area contributed by atoms with E-state index in [1.54, 1.807) is 11.4 Å². The highest BCUT2D eigenvalue weighted by Crippen LogP contribution is 2.33. The molecular weight excluding hydrogens is 290 g/mol. The first-order chi connectivity index (χ1) is 10.1. The molecule has 1 fully saturated rings. The lowest BCUT2D eigenvalue weighted by Crippen LogP contribution is -2.32. The lowest BCUT2D eigenvalue weighted by molar-refractivity contribution is 0.395. The second kappa shape index (κ2) is 5.50. The van der Waals surface area contributed by atoms with Crippen LogP contribution in [-0.2, 0) is 16.6 Å². The molecule has 7 heteroatoms. The molecule has 1 aromatic heterocycles. The number of benzene rings is 1. The first kappa shape index (κ1) is 14.1. The molecule has 0 radical (unpaired) electrons. The van der Waals surface area contributed by atoms with Gasteiger partial charge in [0.25, 0.3) is 10.0 Å². The molecule has 0 aliphatic heterocycles. The fourth-order valence-corrected chi connectivity index (χ4v) is 3.76. The van der Waals surface area contributed by atoms with Crippen LogP contribution in [0.3, 0.4) is 0 Å². The second-order valence-electron chi connectivity index (χ2n) is 5.05. The quantitative estimate of drug-likeness (QED) is 0.882. The normalized spacial score (nSPS) is 15.3. The monoisotopic (exact) mass is 307 g/mol. The van der Waals surface area contributed by atoms with Gasteiger partial charge in [0.05, 0.1) is 19.6 Å². The molecule has 0 atom stereocenters. The van der Waals surface area contributed by atoms with Crippen LogP contribution in [0.1, 0.15) is 18.4 Å². The summed E-state index contributed by atoms with van der Waals surface area (Å²) >= 11 is 0. The van der Waals surface area contributed by atoms with E-state index in [9.17, 15) is 8.42 Å². The molecule has 1 N–H and O–H groups in total. The van der Waals surface area contributed by atoms with Crippen LogP contribution < -0.4 is 4.74 Å². The number of H-pyrrole nitrogens is 1. The van der Waals surface area contributed by atoms with Gasteiger partial charge in [0.2, 0.25) is 0 Å².